The highest BCUT2D eigenvalue weighted by Gasteiger charge is 2.44. The molecule has 2 saturated carbocycles. The number of anilines is 1. The second-order valence-electron chi connectivity index (χ2n) is 6.18. The van der Waals surface area contributed by atoms with Crippen molar-refractivity contribution in [3.8, 4) is 11.4 Å². The lowest BCUT2D eigenvalue weighted by molar-refractivity contribution is 0.357. The monoisotopic (exact) mass is 269 g/mol. The molecule has 0 unspecified atom stereocenters. The van der Waals surface area contributed by atoms with Crippen LogP contribution in [0.1, 0.15) is 37.3 Å². The first kappa shape index (κ1) is 11.9. The lowest BCUT2D eigenvalue weighted by Gasteiger charge is -2.17. The molecule has 2 aromatic rings. The Labute approximate surface area is 118 Å². The van der Waals surface area contributed by atoms with Gasteiger partial charge in [-0.15, -0.1) is 5.10 Å². The Morgan fingerprint density at radius 1 is 1.20 bits per heavy atom. The summed E-state index contributed by atoms with van der Waals surface area (Å²) in [5, 5.41) is 12.5. The van der Waals surface area contributed by atoms with Gasteiger partial charge in [-0.05, 0) is 78.6 Å². The summed E-state index contributed by atoms with van der Waals surface area (Å²) >= 11 is 0. The van der Waals surface area contributed by atoms with E-state index in [9.17, 15) is 0 Å². The molecule has 20 heavy (non-hydrogen) atoms. The van der Waals surface area contributed by atoms with Gasteiger partial charge in [0, 0.05) is 11.3 Å². The molecule has 4 rings (SSSR count). The van der Waals surface area contributed by atoms with Gasteiger partial charge in [0.2, 0.25) is 0 Å². The van der Waals surface area contributed by atoms with Crippen molar-refractivity contribution in [2.75, 3.05) is 5.73 Å². The van der Waals surface area contributed by atoms with Crippen molar-refractivity contribution in [1.82, 2.24) is 20.2 Å². The van der Waals surface area contributed by atoms with Gasteiger partial charge in [0.15, 0.2) is 5.82 Å². The smallest absolute Gasteiger partial charge is 0.182 e. The molecule has 2 aliphatic carbocycles. The second kappa shape index (κ2) is 4.30. The summed E-state index contributed by atoms with van der Waals surface area (Å²) < 4.78 is 2.07. The molecule has 0 saturated heterocycles. The summed E-state index contributed by atoms with van der Waals surface area (Å²) in [5.41, 5.74) is 8.85. The van der Waals surface area contributed by atoms with Crippen LogP contribution in [-0.2, 0) is 0 Å². The Hall–Kier alpha value is -1.91. The molecule has 2 fully saturated rings. The number of tetrazole rings is 1. The Morgan fingerprint density at radius 2 is 1.90 bits per heavy atom. The summed E-state index contributed by atoms with van der Waals surface area (Å²) in [5.74, 6) is 2.44. The summed E-state index contributed by atoms with van der Waals surface area (Å²) in [4.78, 5) is 0. The topological polar surface area (TPSA) is 69.6 Å². The highest BCUT2D eigenvalue weighted by atomic mass is 15.6. The third kappa shape index (κ3) is 1.97. The number of nitrogens with zero attached hydrogens (tertiary/aromatic N) is 4. The highest BCUT2D eigenvalue weighted by molar-refractivity contribution is 5.62. The molecule has 5 heteroatoms. The van der Waals surface area contributed by atoms with Crippen LogP contribution in [0.15, 0.2) is 18.2 Å². The SMILES string of the molecule is Cc1cc(-c2nnnn2C(C2CC2)C2CC2)ccc1N. The zero-order valence-electron chi connectivity index (χ0n) is 11.7. The van der Waals surface area contributed by atoms with Crippen LogP contribution in [0.4, 0.5) is 5.69 Å². The van der Waals surface area contributed by atoms with Gasteiger partial charge in [-0.25, -0.2) is 4.68 Å². The average Bonchev–Trinajstić information content (AvgIpc) is 3.34. The van der Waals surface area contributed by atoms with Crippen molar-refractivity contribution >= 4 is 5.69 Å². The maximum atomic E-state index is 5.90. The standard InChI is InChI=1S/C15H19N5/c1-9-8-12(6-7-13(9)16)15-17-18-19-20(15)14(10-2-3-10)11-4-5-11/h6-8,10-11,14H,2-5,16H2,1H3. The predicted octanol–water partition coefficient (Wildman–Crippen LogP) is 2.59. The lowest BCUT2D eigenvalue weighted by atomic mass is 10.1. The molecule has 0 radical (unpaired) electrons. The highest BCUT2D eigenvalue weighted by Crippen LogP contribution is 2.52. The van der Waals surface area contributed by atoms with Gasteiger partial charge in [0.1, 0.15) is 0 Å². The molecule has 1 aromatic heterocycles. The fraction of sp³-hybridized carbons (Fsp3) is 0.533. The Morgan fingerprint density at radius 3 is 2.50 bits per heavy atom. The first-order valence-electron chi connectivity index (χ1n) is 7.38. The van der Waals surface area contributed by atoms with Gasteiger partial charge in [0.25, 0.3) is 0 Å². The van der Waals surface area contributed by atoms with E-state index in [1.54, 1.807) is 0 Å². The molecule has 1 aromatic carbocycles. The second-order valence-corrected chi connectivity index (χ2v) is 6.18. The van der Waals surface area contributed by atoms with Crippen LogP contribution >= 0.6 is 0 Å². The average molecular weight is 269 g/mol. The minimum atomic E-state index is 0.498. The van der Waals surface area contributed by atoms with Gasteiger partial charge in [-0.2, -0.15) is 0 Å². The van der Waals surface area contributed by atoms with Crippen molar-refractivity contribution in [1.29, 1.82) is 0 Å². The zero-order valence-corrected chi connectivity index (χ0v) is 11.7. The first-order valence-corrected chi connectivity index (χ1v) is 7.38. The summed E-state index contributed by atoms with van der Waals surface area (Å²) in [6.45, 7) is 2.02. The lowest BCUT2D eigenvalue weighted by Crippen LogP contribution is -2.16. The van der Waals surface area contributed by atoms with Crippen molar-refractivity contribution in [3.63, 3.8) is 0 Å². The van der Waals surface area contributed by atoms with Crippen molar-refractivity contribution < 1.29 is 0 Å². The van der Waals surface area contributed by atoms with E-state index in [2.05, 4.69) is 26.3 Å². The van der Waals surface area contributed by atoms with E-state index in [1.807, 2.05) is 19.1 Å². The molecular weight excluding hydrogens is 250 g/mol. The van der Waals surface area contributed by atoms with Crippen LogP contribution in [0.5, 0.6) is 0 Å². The van der Waals surface area contributed by atoms with Gasteiger partial charge in [-0.1, -0.05) is 0 Å². The minimum Gasteiger partial charge on any atom is -0.399 e. The third-order valence-electron chi connectivity index (χ3n) is 4.51. The Balaban J connectivity index is 1.75. The van der Waals surface area contributed by atoms with Crippen LogP contribution in [0.3, 0.4) is 0 Å². The largest absolute Gasteiger partial charge is 0.399 e. The minimum absolute atomic E-state index is 0.498. The molecule has 0 atom stereocenters. The van der Waals surface area contributed by atoms with E-state index >= 15 is 0 Å². The Kier molecular flexibility index (Phi) is 2.55. The number of rotatable bonds is 4. The van der Waals surface area contributed by atoms with Gasteiger partial charge < -0.3 is 5.73 Å². The molecule has 2 N–H and O–H groups in total. The number of aryl methyl sites for hydroxylation is 1. The Bertz CT molecular complexity index is 627. The van der Waals surface area contributed by atoms with Crippen LogP contribution < -0.4 is 5.73 Å². The van der Waals surface area contributed by atoms with Crippen LogP contribution in [0, 0.1) is 18.8 Å². The molecular formula is C15H19N5. The summed E-state index contributed by atoms with van der Waals surface area (Å²) in [6.07, 6.45) is 5.28. The molecule has 0 spiro atoms. The molecule has 0 aliphatic heterocycles. The van der Waals surface area contributed by atoms with Gasteiger partial charge in [0.05, 0.1) is 6.04 Å². The first-order chi connectivity index (χ1) is 9.74. The van der Waals surface area contributed by atoms with E-state index < -0.39 is 0 Å². The fourth-order valence-electron chi connectivity index (χ4n) is 3.06. The van der Waals surface area contributed by atoms with Crippen molar-refractivity contribution in [2.24, 2.45) is 11.8 Å². The molecule has 104 valence electrons. The molecule has 0 amide bonds. The van der Waals surface area contributed by atoms with E-state index in [0.29, 0.717) is 6.04 Å². The van der Waals surface area contributed by atoms with E-state index in [0.717, 1.165) is 34.5 Å². The van der Waals surface area contributed by atoms with Crippen molar-refractivity contribution in [2.45, 2.75) is 38.6 Å². The number of hydrogen-bond acceptors (Lipinski definition) is 4. The molecule has 5 nitrogen and oxygen atoms in total. The van der Waals surface area contributed by atoms with E-state index in [1.165, 1.54) is 25.7 Å². The predicted molar refractivity (Wildman–Crippen MR) is 76.9 cm³/mol. The number of nitrogen functional groups attached to an aromatic ring is 1. The quantitative estimate of drug-likeness (QED) is 0.866. The maximum absolute atomic E-state index is 5.90. The van der Waals surface area contributed by atoms with Gasteiger partial charge in [-0.3, -0.25) is 0 Å². The zero-order chi connectivity index (χ0) is 13.7. The van der Waals surface area contributed by atoms with Crippen LogP contribution in [-0.4, -0.2) is 20.2 Å². The van der Waals surface area contributed by atoms with E-state index in [4.69, 9.17) is 5.73 Å². The molecule has 0 bridgehead atoms. The van der Waals surface area contributed by atoms with Crippen LogP contribution in [0.2, 0.25) is 0 Å². The maximum Gasteiger partial charge on any atom is 0.182 e. The molecule has 1 heterocycles. The summed E-state index contributed by atoms with van der Waals surface area (Å²) in [7, 11) is 0. The van der Waals surface area contributed by atoms with Crippen molar-refractivity contribution in [3.05, 3.63) is 23.8 Å². The third-order valence-corrected chi connectivity index (χ3v) is 4.51. The number of aromatic nitrogens is 4. The normalized spacial score (nSPS) is 18.7. The fourth-order valence-corrected chi connectivity index (χ4v) is 3.06. The van der Waals surface area contributed by atoms with Gasteiger partial charge >= 0.3 is 0 Å². The van der Waals surface area contributed by atoms with Crippen LogP contribution in [0.25, 0.3) is 11.4 Å². The summed E-state index contributed by atoms with van der Waals surface area (Å²) in [6, 6.07) is 6.53. The molecule has 2 aliphatic rings. The number of nitrogens with two attached hydrogens (primary N) is 1. The number of benzene rings is 1. The van der Waals surface area contributed by atoms with E-state index in [-0.39, 0.29) is 0 Å². The number of hydrogen-bond donors (Lipinski definition) is 1.